The van der Waals surface area contributed by atoms with Gasteiger partial charge in [-0.05, 0) is 11.6 Å². The SMILES string of the molecule is O=C=NC(=O)C1CSc2ccccc21. The van der Waals surface area contributed by atoms with E-state index in [2.05, 4.69) is 4.99 Å². The number of aliphatic imine (C=N–C) groups is 1. The zero-order valence-electron chi connectivity index (χ0n) is 7.27. The molecule has 1 heterocycles. The highest BCUT2D eigenvalue weighted by atomic mass is 32.2. The number of amides is 1. The molecule has 14 heavy (non-hydrogen) atoms. The molecule has 1 aliphatic rings. The van der Waals surface area contributed by atoms with E-state index in [1.807, 2.05) is 24.3 Å². The van der Waals surface area contributed by atoms with Crippen LogP contribution in [-0.2, 0) is 9.59 Å². The highest BCUT2D eigenvalue weighted by molar-refractivity contribution is 7.99. The van der Waals surface area contributed by atoms with Crippen LogP contribution in [0.3, 0.4) is 0 Å². The van der Waals surface area contributed by atoms with E-state index in [1.54, 1.807) is 11.8 Å². The molecule has 1 aromatic carbocycles. The lowest BCUT2D eigenvalue weighted by atomic mass is 10.0. The molecular formula is C10H7NO2S. The van der Waals surface area contributed by atoms with Crippen LogP contribution in [-0.4, -0.2) is 17.7 Å². The molecular weight excluding hydrogens is 198 g/mol. The summed E-state index contributed by atoms with van der Waals surface area (Å²) in [6.07, 6.45) is 1.29. The summed E-state index contributed by atoms with van der Waals surface area (Å²) in [5, 5.41) is 0. The van der Waals surface area contributed by atoms with Crippen molar-refractivity contribution < 1.29 is 9.59 Å². The lowest BCUT2D eigenvalue weighted by molar-refractivity contribution is -0.118. The molecule has 2 rings (SSSR count). The molecule has 4 heteroatoms. The number of thioether (sulfide) groups is 1. The largest absolute Gasteiger partial charge is 0.271 e. The highest BCUT2D eigenvalue weighted by Gasteiger charge is 2.28. The van der Waals surface area contributed by atoms with Gasteiger partial charge in [-0.1, -0.05) is 18.2 Å². The second-order valence-corrected chi connectivity index (χ2v) is 4.00. The lowest BCUT2D eigenvalue weighted by Gasteiger charge is -2.03. The van der Waals surface area contributed by atoms with Gasteiger partial charge >= 0.3 is 0 Å². The Labute approximate surface area is 85.2 Å². The summed E-state index contributed by atoms with van der Waals surface area (Å²) in [6, 6.07) is 7.69. The molecule has 0 bridgehead atoms. The molecule has 3 nitrogen and oxygen atoms in total. The van der Waals surface area contributed by atoms with Crippen molar-refractivity contribution in [2.75, 3.05) is 5.75 Å². The molecule has 0 aliphatic carbocycles. The lowest BCUT2D eigenvalue weighted by Crippen LogP contribution is -2.08. The summed E-state index contributed by atoms with van der Waals surface area (Å²) in [7, 11) is 0. The zero-order valence-corrected chi connectivity index (χ0v) is 8.08. The molecule has 70 valence electrons. The molecule has 1 amide bonds. The monoisotopic (exact) mass is 205 g/mol. The van der Waals surface area contributed by atoms with Gasteiger partial charge in [-0.15, -0.1) is 16.8 Å². The van der Waals surface area contributed by atoms with E-state index >= 15 is 0 Å². The fraction of sp³-hybridized carbons (Fsp3) is 0.200. The van der Waals surface area contributed by atoms with E-state index in [9.17, 15) is 9.59 Å². The maximum Gasteiger partial charge on any atom is 0.264 e. The van der Waals surface area contributed by atoms with Crippen LogP contribution in [0.1, 0.15) is 11.5 Å². The fourth-order valence-corrected chi connectivity index (χ4v) is 2.71. The number of isocyanates is 1. The zero-order chi connectivity index (χ0) is 9.97. The number of hydrogen-bond donors (Lipinski definition) is 0. The summed E-state index contributed by atoms with van der Waals surface area (Å²) in [6.45, 7) is 0. The first-order valence-corrected chi connectivity index (χ1v) is 5.15. The highest BCUT2D eigenvalue weighted by Crippen LogP contribution is 2.39. The summed E-state index contributed by atoms with van der Waals surface area (Å²) in [5.74, 6) is 0.0127. The molecule has 0 saturated carbocycles. The average Bonchev–Trinajstić information content (AvgIpc) is 2.61. The maximum atomic E-state index is 11.4. The van der Waals surface area contributed by atoms with Gasteiger partial charge in [0.05, 0.1) is 5.92 Å². The number of benzene rings is 1. The average molecular weight is 205 g/mol. The van der Waals surface area contributed by atoms with Crippen molar-refractivity contribution >= 4 is 23.7 Å². The number of hydrogen-bond acceptors (Lipinski definition) is 3. The Morgan fingerprint density at radius 3 is 3.07 bits per heavy atom. The number of fused-ring (bicyclic) bond motifs is 1. The minimum absolute atomic E-state index is 0.266. The predicted octanol–water partition coefficient (Wildman–Crippen LogP) is 1.74. The van der Waals surface area contributed by atoms with Crippen molar-refractivity contribution in [2.45, 2.75) is 10.8 Å². The van der Waals surface area contributed by atoms with Crippen LogP contribution in [0.4, 0.5) is 0 Å². The van der Waals surface area contributed by atoms with Crippen LogP contribution in [0.15, 0.2) is 34.2 Å². The van der Waals surface area contributed by atoms with Crippen LogP contribution in [0.5, 0.6) is 0 Å². The molecule has 0 spiro atoms. The van der Waals surface area contributed by atoms with Gasteiger partial charge in [0.1, 0.15) is 0 Å². The third-order valence-corrected chi connectivity index (χ3v) is 3.34. The van der Waals surface area contributed by atoms with Gasteiger partial charge in [0, 0.05) is 10.6 Å². The van der Waals surface area contributed by atoms with Crippen LogP contribution in [0, 0.1) is 0 Å². The third-order valence-electron chi connectivity index (χ3n) is 2.15. The summed E-state index contributed by atoms with van der Waals surface area (Å²) >= 11 is 1.62. The van der Waals surface area contributed by atoms with Crippen molar-refractivity contribution in [3.63, 3.8) is 0 Å². The second-order valence-electron chi connectivity index (χ2n) is 2.94. The standard InChI is InChI=1S/C10H7NO2S/c12-6-11-10(13)8-5-14-9-4-2-1-3-7(8)9/h1-4,8H,5H2. The third kappa shape index (κ3) is 1.50. The van der Waals surface area contributed by atoms with Crippen LogP contribution >= 0.6 is 11.8 Å². The number of carbonyl (C=O) groups excluding carboxylic acids is 2. The van der Waals surface area contributed by atoms with Gasteiger partial charge in [0.2, 0.25) is 6.08 Å². The minimum Gasteiger partial charge on any atom is -0.271 e. The summed E-state index contributed by atoms with van der Waals surface area (Å²) in [4.78, 5) is 25.6. The summed E-state index contributed by atoms with van der Waals surface area (Å²) < 4.78 is 0. The Kier molecular flexibility index (Phi) is 2.48. The minimum atomic E-state index is -0.391. The van der Waals surface area contributed by atoms with E-state index < -0.39 is 5.91 Å². The summed E-state index contributed by atoms with van der Waals surface area (Å²) in [5.41, 5.74) is 0.974. The van der Waals surface area contributed by atoms with E-state index in [0.29, 0.717) is 5.75 Å². The van der Waals surface area contributed by atoms with Gasteiger partial charge in [-0.2, -0.15) is 0 Å². The normalized spacial score (nSPS) is 18.4. The van der Waals surface area contributed by atoms with E-state index in [1.165, 1.54) is 6.08 Å². The smallest absolute Gasteiger partial charge is 0.264 e. The molecule has 1 atom stereocenters. The van der Waals surface area contributed by atoms with Gasteiger partial charge < -0.3 is 0 Å². The maximum absolute atomic E-state index is 11.4. The quantitative estimate of drug-likeness (QED) is 0.518. The first-order valence-electron chi connectivity index (χ1n) is 4.16. The van der Waals surface area contributed by atoms with Crippen molar-refractivity contribution in [2.24, 2.45) is 4.99 Å². The molecule has 1 unspecified atom stereocenters. The predicted molar refractivity (Wildman–Crippen MR) is 53.0 cm³/mol. The van der Waals surface area contributed by atoms with Crippen molar-refractivity contribution in [3.8, 4) is 0 Å². The molecule has 0 radical (unpaired) electrons. The first-order chi connectivity index (χ1) is 6.83. The first kappa shape index (κ1) is 9.19. The van der Waals surface area contributed by atoms with E-state index in [0.717, 1.165) is 10.5 Å². The Morgan fingerprint density at radius 2 is 2.29 bits per heavy atom. The molecule has 0 saturated heterocycles. The molecule has 0 N–H and O–H groups in total. The molecule has 0 aromatic heterocycles. The number of carbonyl (C=O) groups is 1. The van der Waals surface area contributed by atoms with Gasteiger partial charge in [0.15, 0.2) is 0 Å². The Bertz CT molecular complexity index is 424. The molecule has 0 fully saturated rings. The Morgan fingerprint density at radius 1 is 1.50 bits per heavy atom. The van der Waals surface area contributed by atoms with Gasteiger partial charge in [0.25, 0.3) is 5.91 Å². The number of nitrogens with zero attached hydrogens (tertiary/aromatic N) is 1. The van der Waals surface area contributed by atoms with Crippen molar-refractivity contribution in [1.29, 1.82) is 0 Å². The topological polar surface area (TPSA) is 46.5 Å². The van der Waals surface area contributed by atoms with Crippen molar-refractivity contribution in [1.82, 2.24) is 0 Å². The molecule has 1 aliphatic heterocycles. The number of rotatable bonds is 1. The Hall–Kier alpha value is -1.38. The van der Waals surface area contributed by atoms with Gasteiger partial charge in [-0.25, -0.2) is 4.79 Å². The fourth-order valence-electron chi connectivity index (χ4n) is 1.49. The van der Waals surface area contributed by atoms with Crippen LogP contribution in [0.25, 0.3) is 0 Å². The van der Waals surface area contributed by atoms with E-state index in [-0.39, 0.29) is 5.92 Å². The van der Waals surface area contributed by atoms with E-state index in [4.69, 9.17) is 0 Å². The van der Waals surface area contributed by atoms with Crippen molar-refractivity contribution in [3.05, 3.63) is 29.8 Å². The Balaban J connectivity index is 2.34. The molecule has 1 aromatic rings. The van der Waals surface area contributed by atoms with Crippen LogP contribution in [0.2, 0.25) is 0 Å². The second kappa shape index (κ2) is 3.78. The van der Waals surface area contributed by atoms with Crippen LogP contribution < -0.4 is 0 Å². The van der Waals surface area contributed by atoms with Gasteiger partial charge in [-0.3, -0.25) is 4.79 Å².